The highest BCUT2D eigenvalue weighted by atomic mass is 32.3. The Morgan fingerprint density at radius 1 is 0.778 bits per heavy atom. The van der Waals surface area contributed by atoms with Gasteiger partial charge < -0.3 is 0 Å². The summed E-state index contributed by atoms with van der Waals surface area (Å²) >= 11 is 11.7. The Kier molecular flexibility index (Phi) is 11.7. The van der Waals surface area contributed by atoms with E-state index in [4.69, 9.17) is 10.5 Å². The van der Waals surface area contributed by atoms with Crippen LogP contribution in [0.25, 0.3) is 0 Å². The molecule has 0 unspecified atom stereocenters. The van der Waals surface area contributed by atoms with E-state index in [9.17, 15) is 0 Å². The van der Waals surface area contributed by atoms with Crippen LogP contribution in [0.1, 0.15) is 118 Å². The van der Waals surface area contributed by atoms with Crippen LogP contribution in [-0.2, 0) is 0 Å². The van der Waals surface area contributed by atoms with E-state index in [1.165, 1.54) is 87.6 Å². The third-order valence-electron chi connectivity index (χ3n) is 12.6. The number of fused-ring (bicyclic) bond motifs is 5. The number of rotatable bonds is 11. The first kappa shape index (κ1) is 35.1. The van der Waals surface area contributed by atoms with Gasteiger partial charge in [-0.15, -0.1) is 23.5 Å². The number of nitriles is 2. The van der Waals surface area contributed by atoms with E-state index >= 15 is 0 Å². The maximum atomic E-state index is 9.08. The van der Waals surface area contributed by atoms with Crippen molar-refractivity contribution in [2.75, 3.05) is 11.5 Å². The van der Waals surface area contributed by atoms with E-state index in [2.05, 4.69) is 70.3 Å². The van der Waals surface area contributed by atoms with Crippen molar-refractivity contribution < 1.29 is 0 Å². The Morgan fingerprint density at radius 2 is 1.42 bits per heavy atom. The van der Waals surface area contributed by atoms with Gasteiger partial charge >= 0.3 is 0 Å². The minimum absolute atomic E-state index is 0.461. The van der Waals surface area contributed by atoms with Gasteiger partial charge in [-0.3, -0.25) is 0 Å². The molecule has 0 N–H and O–H groups in total. The zero-order chi connectivity index (χ0) is 31.8. The second kappa shape index (κ2) is 15.0. The molecule has 2 aliphatic heterocycles. The molecule has 0 radical (unpaired) electrons. The van der Waals surface area contributed by atoms with E-state index in [-0.39, 0.29) is 0 Å². The summed E-state index contributed by atoms with van der Waals surface area (Å²) in [6.45, 7) is 12.8. The van der Waals surface area contributed by atoms with Crippen molar-refractivity contribution >= 4 is 70.6 Å². The molecule has 6 aliphatic rings. The van der Waals surface area contributed by atoms with Crippen molar-refractivity contribution in [3.8, 4) is 12.1 Å². The van der Waals surface area contributed by atoms with Crippen LogP contribution < -0.4 is 0 Å². The van der Waals surface area contributed by atoms with Crippen LogP contribution in [-0.4, -0.2) is 11.5 Å². The molecule has 3 saturated carbocycles. The molecule has 0 spiro atoms. The van der Waals surface area contributed by atoms with Gasteiger partial charge in [-0.1, -0.05) is 101 Å². The third-order valence-corrected chi connectivity index (χ3v) is 21.3. The molecular formula is C37H52N2S6. The zero-order valence-electron chi connectivity index (χ0n) is 28.0. The molecule has 45 heavy (non-hydrogen) atoms. The van der Waals surface area contributed by atoms with Gasteiger partial charge in [-0.05, 0) is 104 Å². The molecule has 8 atom stereocenters. The van der Waals surface area contributed by atoms with Gasteiger partial charge in [0.05, 0.1) is 29.1 Å². The first-order chi connectivity index (χ1) is 21.7. The van der Waals surface area contributed by atoms with E-state index in [0.717, 1.165) is 52.9 Å². The average molecular weight is 717 g/mol. The highest BCUT2D eigenvalue weighted by molar-refractivity contribution is 8.42. The van der Waals surface area contributed by atoms with Gasteiger partial charge in [-0.25, -0.2) is 0 Å². The third kappa shape index (κ3) is 7.15. The van der Waals surface area contributed by atoms with Crippen molar-refractivity contribution in [2.45, 2.75) is 118 Å². The van der Waals surface area contributed by atoms with Crippen molar-refractivity contribution in [1.82, 2.24) is 0 Å². The molecular weight excluding hydrogens is 665 g/mol. The lowest BCUT2D eigenvalue weighted by atomic mass is 9.45. The lowest BCUT2D eigenvalue weighted by Crippen LogP contribution is -2.53. The normalized spacial score (nSPS) is 36.5. The fourth-order valence-corrected chi connectivity index (χ4v) is 19.4. The summed E-state index contributed by atoms with van der Waals surface area (Å²) in [5.74, 6) is 8.02. The van der Waals surface area contributed by atoms with Crippen LogP contribution >= 0.6 is 70.6 Å². The zero-order valence-corrected chi connectivity index (χ0v) is 32.9. The second-order valence-corrected chi connectivity index (χ2v) is 23.0. The van der Waals surface area contributed by atoms with Crippen molar-refractivity contribution in [1.29, 1.82) is 10.5 Å². The summed E-state index contributed by atoms with van der Waals surface area (Å²) in [6, 6.07) is 4.60. The fraction of sp³-hybridized carbons (Fsp3) is 0.784. The van der Waals surface area contributed by atoms with Crippen LogP contribution in [0.2, 0.25) is 0 Å². The molecule has 0 aromatic carbocycles. The van der Waals surface area contributed by atoms with Gasteiger partial charge in [0.25, 0.3) is 0 Å². The molecule has 0 amide bonds. The maximum Gasteiger partial charge on any atom is 0.0717 e. The van der Waals surface area contributed by atoms with Gasteiger partial charge in [0, 0.05) is 34.2 Å². The molecule has 246 valence electrons. The Hall–Kier alpha value is 0.300. The Bertz CT molecular complexity index is 1270. The molecule has 2 nitrogen and oxygen atoms in total. The smallest absolute Gasteiger partial charge is 0.0717 e. The predicted octanol–water partition coefficient (Wildman–Crippen LogP) is 13.4. The summed E-state index contributed by atoms with van der Waals surface area (Å²) in [7, 11) is 0. The van der Waals surface area contributed by atoms with Crippen LogP contribution in [0, 0.1) is 74.9 Å². The highest BCUT2D eigenvalue weighted by Gasteiger charge is 2.61. The van der Waals surface area contributed by atoms with Crippen LogP contribution in [0.15, 0.2) is 26.8 Å². The summed E-state index contributed by atoms with van der Waals surface area (Å²) in [5.41, 5.74) is 1.04. The summed E-state index contributed by atoms with van der Waals surface area (Å²) < 4.78 is 5.65. The minimum Gasteiger partial charge on any atom is -0.198 e. The largest absolute Gasteiger partial charge is 0.198 e. The van der Waals surface area contributed by atoms with Crippen molar-refractivity contribution in [2.24, 2.45) is 52.3 Å². The molecule has 0 bridgehead atoms. The first-order valence-electron chi connectivity index (χ1n) is 17.6. The molecule has 0 aromatic rings. The molecule has 3 fully saturated rings. The summed E-state index contributed by atoms with van der Waals surface area (Å²) in [5, 5.41) is 18.2. The van der Waals surface area contributed by atoms with E-state index in [1.54, 1.807) is 9.81 Å². The Labute approximate surface area is 299 Å². The van der Waals surface area contributed by atoms with Gasteiger partial charge in [0.1, 0.15) is 0 Å². The van der Waals surface area contributed by atoms with Gasteiger partial charge in [-0.2, -0.15) is 10.5 Å². The Morgan fingerprint density at radius 3 is 2.09 bits per heavy atom. The monoisotopic (exact) mass is 716 g/mol. The number of hydrogen-bond acceptors (Lipinski definition) is 8. The average Bonchev–Trinajstić information content (AvgIpc) is 3.70. The first-order valence-corrected chi connectivity index (χ1v) is 22.8. The van der Waals surface area contributed by atoms with Crippen molar-refractivity contribution in [3.05, 3.63) is 26.8 Å². The number of thioether (sulfide) groups is 6. The predicted molar refractivity (Wildman–Crippen MR) is 205 cm³/mol. The van der Waals surface area contributed by atoms with Gasteiger partial charge in [0.15, 0.2) is 0 Å². The quantitative estimate of drug-likeness (QED) is 0.196. The Balaban J connectivity index is 1.12. The maximum absolute atomic E-state index is 9.08. The van der Waals surface area contributed by atoms with Gasteiger partial charge in [0.2, 0.25) is 0 Å². The number of allylic oxidation sites excluding steroid dienone is 2. The van der Waals surface area contributed by atoms with Crippen LogP contribution in [0.5, 0.6) is 0 Å². The highest BCUT2D eigenvalue weighted by Crippen LogP contribution is 2.72. The fourth-order valence-electron chi connectivity index (χ4n) is 10.4. The van der Waals surface area contributed by atoms with E-state index in [0.29, 0.717) is 23.7 Å². The SMILES string of the molecule is CC(C)CCC[C@@H](C)[C@H]1CC[C@H]2[C@@H]3CC[C@H]4CC5=C(C[C@]4(C)[C@H]3CC[C@]12C)SC(=C1SC(SCCC#N)=C(SCCC#N)S1)S5. The van der Waals surface area contributed by atoms with E-state index < -0.39 is 0 Å². The van der Waals surface area contributed by atoms with Crippen molar-refractivity contribution in [3.63, 3.8) is 0 Å². The molecule has 0 aromatic heterocycles. The van der Waals surface area contributed by atoms with Crippen LogP contribution in [0.3, 0.4) is 0 Å². The number of hydrogen-bond donors (Lipinski definition) is 0. The second-order valence-electron chi connectivity index (χ2n) is 15.5. The molecule has 4 aliphatic carbocycles. The molecule has 8 heteroatoms. The standard InChI is InChI=1S/C37H52N2S6/c1-23(2)9-6-10-24(3)27-13-14-28-26-12-11-25-21-30-31(22-37(25,5)29(26)15-16-36(27,28)4)43-34(42-30)35-44-32(40-19-7-17-38)33(45-35)41-20-8-18-39/h23-29H,6-16,19-22H2,1-5H3/t24-,25+,26+,27-,28+,29+,36-,37+/m1/s1. The summed E-state index contributed by atoms with van der Waals surface area (Å²) in [4.78, 5) is 3.38. The summed E-state index contributed by atoms with van der Waals surface area (Å²) in [6.07, 6.45) is 16.9. The number of nitrogens with zero attached hydrogens (tertiary/aromatic N) is 2. The van der Waals surface area contributed by atoms with E-state index in [1.807, 2.05) is 47.0 Å². The molecule has 6 rings (SSSR count). The van der Waals surface area contributed by atoms with Crippen LogP contribution in [0.4, 0.5) is 0 Å². The molecule has 2 heterocycles. The molecule has 0 saturated heterocycles. The lowest BCUT2D eigenvalue weighted by molar-refractivity contribution is -0.101. The lowest BCUT2D eigenvalue weighted by Gasteiger charge is -2.60. The minimum atomic E-state index is 0.461. The topological polar surface area (TPSA) is 47.6 Å².